The van der Waals surface area contributed by atoms with Crippen molar-refractivity contribution in [1.82, 2.24) is 5.32 Å². The maximum absolute atomic E-state index is 13.9. The monoisotopic (exact) mass is 303 g/mol. The van der Waals surface area contributed by atoms with Crippen LogP contribution in [0, 0.1) is 12.7 Å². The highest BCUT2D eigenvalue weighted by molar-refractivity contribution is 6.30. The van der Waals surface area contributed by atoms with Crippen LogP contribution in [0.3, 0.4) is 0 Å². The molecule has 2 aromatic carbocycles. The number of halogens is 2. The van der Waals surface area contributed by atoms with Gasteiger partial charge in [0.15, 0.2) is 0 Å². The van der Waals surface area contributed by atoms with Crippen LogP contribution in [0.25, 0.3) is 0 Å². The van der Waals surface area contributed by atoms with Crippen LogP contribution < -0.4 is 5.32 Å². The molecule has 0 aromatic heterocycles. The molecule has 0 saturated carbocycles. The summed E-state index contributed by atoms with van der Waals surface area (Å²) in [6, 6.07) is 13.7. The van der Waals surface area contributed by atoms with Gasteiger partial charge in [0.25, 0.3) is 0 Å². The smallest absolute Gasteiger partial charge is 0.126 e. The Labute approximate surface area is 130 Å². The van der Waals surface area contributed by atoms with E-state index >= 15 is 0 Å². The lowest BCUT2D eigenvalue weighted by Gasteiger charge is -2.33. The zero-order chi connectivity index (χ0) is 14.8. The molecule has 1 aliphatic heterocycles. The van der Waals surface area contributed by atoms with E-state index in [1.54, 1.807) is 13.0 Å². The average molecular weight is 304 g/mol. The van der Waals surface area contributed by atoms with Crippen LogP contribution in [0.15, 0.2) is 42.5 Å². The molecule has 0 spiro atoms. The average Bonchev–Trinajstić information content (AvgIpc) is 2.51. The third-order valence-electron chi connectivity index (χ3n) is 4.40. The van der Waals surface area contributed by atoms with E-state index in [0.29, 0.717) is 17.4 Å². The molecule has 110 valence electrons. The summed E-state index contributed by atoms with van der Waals surface area (Å²) in [6.07, 6.45) is 1.02. The lowest BCUT2D eigenvalue weighted by atomic mass is 9.77. The number of hydrogen-bond donors (Lipinski definition) is 1. The van der Waals surface area contributed by atoms with Crippen molar-refractivity contribution in [2.75, 3.05) is 13.1 Å². The predicted octanol–water partition coefficient (Wildman–Crippen LogP) is 4.65. The summed E-state index contributed by atoms with van der Waals surface area (Å²) in [5.41, 5.74) is 3.06. The minimum Gasteiger partial charge on any atom is -0.316 e. The first-order chi connectivity index (χ1) is 10.1. The minimum atomic E-state index is -0.110. The van der Waals surface area contributed by atoms with Crippen LogP contribution in [-0.4, -0.2) is 13.1 Å². The summed E-state index contributed by atoms with van der Waals surface area (Å²) in [5.74, 6) is 0.599. The molecular weight excluding hydrogens is 285 g/mol. The van der Waals surface area contributed by atoms with Crippen molar-refractivity contribution in [2.24, 2.45) is 0 Å². The van der Waals surface area contributed by atoms with Gasteiger partial charge in [0, 0.05) is 17.5 Å². The first-order valence-corrected chi connectivity index (χ1v) is 7.75. The standard InChI is InChI=1S/C18H19ClFN/c1-12-2-3-14(10-18(12)20)16-8-9-21-11-17(16)13-4-6-15(19)7-5-13/h2-7,10,16-17,21H,8-9,11H2,1H3. The van der Waals surface area contributed by atoms with Gasteiger partial charge in [-0.05, 0) is 60.7 Å². The molecule has 2 aromatic rings. The van der Waals surface area contributed by atoms with Gasteiger partial charge in [-0.15, -0.1) is 0 Å². The second-order valence-corrected chi connectivity index (χ2v) is 6.20. The van der Waals surface area contributed by atoms with E-state index in [1.807, 2.05) is 18.2 Å². The maximum Gasteiger partial charge on any atom is 0.126 e. The number of piperidine rings is 1. The van der Waals surface area contributed by atoms with Crippen molar-refractivity contribution < 1.29 is 4.39 Å². The van der Waals surface area contributed by atoms with Crippen LogP contribution >= 0.6 is 11.6 Å². The molecule has 2 unspecified atom stereocenters. The number of rotatable bonds is 2. The second-order valence-electron chi connectivity index (χ2n) is 5.77. The number of hydrogen-bond acceptors (Lipinski definition) is 1. The molecule has 1 saturated heterocycles. The van der Waals surface area contributed by atoms with Gasteiger partial charge < -0.3 is 5.32 Å². The van der Waals surface area contributed by atoms with Crippen molar-refractivity contribution >= 4 is 11.6 Å². The molecule has 3 rings (SSSR count). The fourth-order valence-corrected chi connectivity index (χ4v) is 3.28. The molecule has 1 nitrogen and oxygen atoms in total. The van der Waals surface area contributed by atoms with E-state index in [0.717, 1.165) is 30.1 Å². The Hall–Kier alpha value is -1.38. The van der Waals surface area contributed by atoms with E-state index < -0.39 is 0 Å². The summed E-state index contributed by atoms with van der Waals surface area (Å²) in [6.45, 7) is 3.70. The zero-order valence-electron chi connectivity index (χ0n) is 12.1. The van der Waals surface area contributed by atoms with Crippen molar-refractivity contribution in [2.45, 2.75) is 25.2 Å². The van der Waals surface area contributed by atoms with E-state index in [9.17, 15) is 4.39 Å². The van der Waals surface area contributed by atoms with Crippen LogP contribution in [-0.2, 0) is 0 Å². The third kappa shape index (κ3) is 3.12. The number of benzene rings is 2. The largest absolute Gasteiger partial charge is 0.316 e. The molecule has 1 fully saturated rings. The summed E-state index contributed by atoms with van der Waals surface area (Å²) in [5, 5.41) is 4.20. The van der Waals surface area contributed by atoms with E-state index in [1.165, 1.54) is 5.56 Å². The van der Waals surface area contributed by atoms with Gasteiger partial charge in [-0.2, -0.15) is 0 Å². The fourth-order valence-electron chi connectivity index (χ4n) is 3.16. The Kier molecular flexibility index (Phi) is 4.27. The first kappa shape index (κ1) is 14.6. The summed E-state index contributed by atoms with van der Waals surface area (Å²) < 4.78 is 13.9. The Morgan fingerprint density at radius 3 is 2.48 bits per heavy atom. The lowest BCUT2D eigenvalue weighted by Crippen LogP contribution is -2.34. The highest BCUT2D eigenvalue weighted by atomic mass is 35.5. The zero-order valence-corrected chi connectivity index (χ0v) is 12.8. The van der Waals surface area contributed by atoms with Crippen LogP contribution in [0.2, 0.25) is 5.02 Å². The molecule has 0 amide bonds. The highest BCUT2D eigenvalue weighted by Crippen LogP contribution is 2.38. The Bertz CT molecular complexity index is 624. The molecule has 2 atom stereocenters. The molecule has 0 aliphatic carbocycles. The van der Waals surface area contributed by atoms with Gasteiger partial charge in [0.05, 0.1) is 0 Å². The molecular formula is C18H19ClFN. The van der Waals surface area contributed by atoms with Gasteiger partial charge in [-0.3, -0.25) is 0 Å². The molecule has 0 radical (unpaired) electrons. The Balaban J connectivity index is 1.94. The molecule has 1 N–H and O–H groups in total. The molecule has 1 aliphatic rings. The van der Waals surface area contributed by atoms with Crippen molar-refractivity contribution in [3.05, 3.63) is 70.0 Å². The van der Waals surface area contributed by atoms with Gasteiger partial charge in [-0.25, -0.2) is 4.39 Å². The lowest BCUT2D eigenvalue weighted by molar-refractivity contribution is 0.403. The van der Waals surface area contributed by atoms with Gasteiger partial charge in [0.1, 0.15) is 5.82 Å². The molecule has 0 bridgehead atoms. The van der Waals surface area contributed by atoms with Crippen molar-refractivity contribution in [3.8, 4) is 0 Å². The number of aryl methyl sites for hydroxylation is 1. The molecule has 3 heteroatoms. The normalized spacial score (nSPS) is 22.2. The van der Waals surface area contributed by atoms with E-state index in [-0.39, 0.29) is 5.82 Å². The first-order valence-electron chi connectivity index (χ1n) is 7.37. The second kappa shape index (κ2) is 6.17. The van der Waals surface area contributed by atoms with Crippen LogP contribution in [0.5, 0.6) is 0 Å². The van der Waals surface area contributed by atoms with E-state index in [4.69, 9.17) is 11.6 Å². The molecule has 1 heterocycles. The van der Waals surface area contributed by atoms with Crippen LogP contribution in [0.4, 0.5) is 4.39 Å². The number of nitrogens with one attached hydrogen (secondary N) is 1. The minimum absolute atomic E-state index is 0.110. The van der Waals surface area contributed by atoms with E-state index in [2.05, 4.69) is 23.5 Å². The van der Waals surface area contributed by atoms with Gasteiger partial charge in [-0.1, -0.05) is 35.9 Å². The Morgan fingerprint density at radius 2 is 1.76 bits per heavy atom. The Morgan fingerprint density at radius 1 is 1.05 bits per heavy atom. The van der Waals surface area contributed by atoms with Crippen molar-refractivity contribution in [1.29, 1.82) is 0 Å². The topological polar surface area (TPSA) is 12.0 Å². The SMILES string of the molecule is Cc1ccc(C2CCNCC2c2ccc(Cl)cc2)cc1F. The predicted molar refractivity (Wildman–Crippen MR) is 85.6 cm³/mol. The fraction of sp³-hybridized carbons (Fsp3) is 0.333. The highest BCUT2D eigenvalue weighted by Gasteiger charge is 2.28. The summed E-state index contributed by atoms with van der Waals surface area (Å²) >= 11 is 5.98. The maximum atomic E-state index is 13.9. The summed E-state index contributed by atoms with van der Waals surface area (Å²) in [7, 11) is 0. The molecule has 21 heavy (non-hydrogen) atoms. The quantitative estimate of drug-likeness (QED) is 0.851. The third-order valence-corrected chi connectivity index (χ3v) is 4.66. The van der Waals surface area contributed by atoms with Gasteiger partial charge in [0.2, 0.25) is 0 Å². The van der Waals surface area contributed by atoms with Gasteiger partial charge >= 0.3 is 0 Å². The van der Waals surface area contributed by atoms with Crippen LogP contribution in [0.1, 0.15) is 34.9 Å². The summed E-state index contributed by atoms with van der Waals surface area (Å²) in [4.78, 5) is 0. The van der Waals surface area contributed by atoms with Crippen molar-refractivity contribution in [3.63, 3.8) is 0 Å².